The quantitative estimate of drug-likeness (QED) is 0.792. The fourth-order valence-electron chi connectivity index (χ4n) is 1.89. The molecule has 0 fully saturated rings. The van der Waals surface area contributed by atoms with E-state index in [2.05, 4.69) is 69.2 Å². The maximum absolute atomic E-state index is 3.44. The Balaban J connectivity index is 2.53. The number of nitrogens with zero attached hydrogens (tertiary/aromatic N) is 1. The molecule has 0 aliphatic rings. The van der Waals surface area contributed by atoms with Crippen molar-refractivity contribution in [3.05, 3.63) is 29.8 Å². The monoisotopic (exact) mass is 248 g/mol. The van der Waals surface area contributed by atoms with E-state index in [-0.39, 0.29) is 0 Å². The van der Waals surface area contributed by atoms with Gasteiger partial charge in [0.1, 0.15) is 0 Å². The van der Waals surface area contributed by atoms with E-state index in [1.54, 1.807) is 0 Å². The molecule has 0 aliphatic carbocycles. The molecule has 18 heavy (non-hydrogen) atoms. The number of anilines is 1. The number of benzene rings is 1. The van der Waals surface area contributed by atoms with E-state index in [4.69, 9.17) is 0 Å². The van der Waals surface area contributed by atoms with Crippen LogP contribution in [0.1, 0.15) is 39.7 Å². The van der Waals surface area contributed by atoms with E-state index < -0.39 is 0 Å². The van der Waals surface area contributed by atoms with Gasteiger partial charge in [0.05, 0.1) is 0 Å². The summed E-state index contributed by atoms with van der Waals surface area (Å²) >= 11 is 0. The summed E-state index contributed by atoms with van der Waals surface area (Å²) < 4.78 is 0. The molecule has 0 spiro atoms. The average Bonchev–Trinajstić information content (AvgIpc) is 2.36. The molecule has 0 heterocycles. The summed E-state index contributed by atoms with van der Waals surface area (Å²) in [5.74, 6) is 0.747. The smallest absolute Gasteiger partial charge is 0.0363 e. The molecule has 0 bridgehead atoms. The van der Waals surface area contributed by atoms with Crippen LogP contribution in [0.3, 0.4) is 0 Å². The second kappa shape index (κ2) is 7.42. The van der Waals surface area contributed by atoms with Gasteiger partial charge < -0.3 is 10.2 Å². The molecular formula is C16H28N2. The molecule has 0 aromatic heterocycles. The third kappa shape index (κ3) is 5.09. The lowest BCUT2D eigenvalue weighted by molar-refractivity contribution is 0.559. The highest BCUT2D eigenvalue weighted by Crippen LogP contribution is 2.16. The second-order valence-electron chi connectivity index (χ2n) is 5.60. The van der Waals surface area contributed by atoms with Crippen molar-refractivity contribution in [2.24, 2.45) is 5.92 Å². The van der Waals surface area contributed by atoms with Gasteiger partial charge in [-0.2, -0.15) is 0 Å². The maximum atomic E-state index is 3.44. The van der Waals surface area contributed by atoms with Gasteiger partial charge in [-0.1, -0.05) is 46.2 Å². The minimum atomic E-state index is 0.540. The Hall–Kier alpha value is -1.02. The number of nitrogens with one attached hydrogen (secondary N) is 1. The van der Waals surface area contributed by atoms with Crippen molar-refractivity contribution in [3.8, 4) is 0 Å². The third-order valence-corrected chi connectivity index (χ3v) is 3.37. The van der Waals surface area contributed by atoms with E-state index in [0.29, 0.717) is 6.04 Å². The van der Waals surface area contributed by atoms with Crippen LogP contribution in [0.4, 0.5) is 5.69 Å². The Kier molecular flexibility index (Phi) is 6.20. The van der Waals surface area contributed by atoms with Gasteiger partial charge in [-0.15, -0.1) is 0 Å². The lowest BCUT2D eigenvalue weighted by Gasteiger charge is -2.23. The summed E-state index contributed by atoms with van der Waals surface area (Å²) in [5, 5.41) is 3.44. The standard InChI is InChI=1S/C16H28N2/c1-6-14(4)12-18(5)16-9-7-15(8-10-16)11-17-13(2)3/h7-10,13-14,17H,6,11-12H2,1-5H3. The fourth-order valence-corrected chi connectivity index (χ4v) is 1.89. The van der Waals surface area contributed by atoms with Gasteiger partial charge in [0.15, 0.2) is 0 Å². The minimum Gasteiger partial charge on any atom is -0.374 e. The van der Waals surface area contributed by atoms with Crippen LogP contribution in [0.15, 0.2) is 24.3 Å². The lowest BCUT2D eigenvalue weighted by Crippen LogP contribution is -2.24. The Morgan fingerprint density at radius 1 is 1.11 bits per heavy atom. The van der Waals surface area contributed by atoms with Gasteiger partial charge in [0.25, 0.3) is 0 Å². The maximum Gasteiger partial charge on any atom is 0.0363 e. The molecule has 1 rings (SSSR count). The summed E-state index contributed by atoms with van der Waals surface area (Å²) in [6.07, 6.45) is 1.24. The molecule has 2 nitrogen and oxygen atoms in total. The molecule has 1 atom stereocenters. The van der Waals surface area contributed by atoms with Crippen molar-refractivity contribution in [1.29, 1.82) is 0 Å². The molecule has 0 aliphatic heterocycles. The van der Waals surface area contributed by atoms with Crippen molar-refractivity contribution in [2.75, 3.05) is 18.5 Å². The number of hydrogen-bond acceptors (Lipinski definition) is 2. The molecule has 1 N–H and O–H groups in total. The zero-order valence-corrected chi connectivity index (χ0v) is 12.5. The molecular weight excluding hydrogens is 220 g/mol. The van der Waals surface area contributed by atoms with Gasteiger partial charge in [0, 0.05) is 31.9 Å². The highest BCUT2D eigenvalue weighted by atomic mass is 15.1. The van der Waals surface area contributed by atoms with Crippen LogP contribution in [-0.2, 0) is 6.54 Å². The Bertz CT molecular complexity index is 329. The molecule has 1 aromatic rings. The topological polar surface area (TPSA) is 15.3 Å². The normalized spacial score (nSPS) is 12.8. The molecule has 0 radical (unpaired) electrons. The Labute approximate surface area is 112 Å². The molecule has 102 valence electrons. The average molecular weight is 248 g/mol. The van der Waals surface area contributed by atoms with Crippen LogP contribution in [-0.4, -0.2) is 19.6 Å². The van der Waals surface area contributed by atoms with Crippen LogP contribution in [0.2, 0.25) is 0 Å². The SMILES string of the molecule is CCC(C)CN(C)c1ccc(CNC(C)C)cc1. The van der Waals surface area contributed by atoms with Gasteiger partial charge >= 0.3 is 0 Å². The Morgan fingerprint density at radius 3 is 2.22 bits per heavy atom. The zero-order chi connectivity index (χ0) is 13.5. The van der Waals surface area contributed by atoms with E-state index in [1.165, 1.54) is 17.7 Å². The molecule has 0 amide bonds. The van der Waals surface area contributed by atoms with Gasteiger partial charge in [-0.25, -0.2) is 0 Å². The lowest BCUT2D eigenvalue weighted by atomic mass is 10.1. The van der Waals surface area contributed by atoms with Crippen LogP contribution in [0, 0.1) is 5.92 Å². The first-order valence-corrected chi connectivity index (χ1v) is 7.06. The predicted molar refractivity (Wildman–Crippen MR) is 81.1 cm³/mol. The van der Waals surface area contributed by atoms with Crippen molar-refractivity contribution < 1.29 is 0 Å². The summed E-state index contributed by atoms with van der Waals surface area (Å²) in [5.41, 5.74) is 2.66. The van der Waals surface area contributed by atoms with E-state index in [9.17, 15) is 0 Å². The molecule has 0 saturated carbocycles. The Morgan fingerprint density at radius 2 is 1.72 bits per heavy atom. The third-order valence-electron chi connectivity index (χ3n) is 3.37. The van der Waals surface area contributed by atoms with Gasteiger partial charge in [0.2, 0.25) is 0 Å². The molecule has 0 saturated heterocycles. The number of hydrogen-bond donors (Lipinski definition) is 1. The van der Waals surface area contributed by atoms with Crippen LogP contribution in [0.5, 0.6) is 0 Å². The van der Waals surface area contributed by atoms with Crippen LogP contribution < -0.4 is 10.2 Å². The first-order chi connectivity index (χ1) is 8.52. The predicted octanol–water partition coefficient (Wildman–Crippen LogP) is 3.67. The second-order valence-corrected chi connectivity index (χ2v) is 5.60. The fraction of sp³-hybridized carbons (Fsp3) is 0.625. The molecule has 2 heteroatoms. The van der Waals surface area contributed by atoms with E-state index >= 15 is 0 Å². The highest BCUT2D eigenvalue weighted by molar-refractivity contribution is 5.46. The summed E-state index contributed by atoms with van der Waals surface area (Å²) in [7, 11) is 2.17. The van der Waals surface area contributed by atoms with Crippen LogP contribution in [0.25, 0.3) is 0 Å². The van der Waals surface area contributed by atoms with Crippen molar-refractivity contribution in [3.63, 3.8) is 0 Å². The first kappa shape index (κ1) is 15.0. The molecule has 1 aromatic carbocycles. The van der Waals surface area contributed by atoms with Crippen LogP contribution >= 0.6 is 0 Å². The zero-order valence-electron chi connectivity index (χ0n) is 12.5. The van der Waals surface area contributed by atoms with Crippen molar-refractivity contribution in [2.45, 2.75) is 46.7 Å². The van der Waals surface area contributed by atoms with Crippen molar-refractivity contribution in [1.82, 2.24) is 5.32 Å². The van der Waals surface area contributed by atoms with Gasteiger partial charge in [-0.05, 0) is 23.6 Å². The summed E-state index contributed by atoms with van der Waals surface area (Å²) in [6.45, 7) is 11.0. The summed E-state index contributed by atoms with van der Waals surface area (Å²) in [6, 6.07) is 9.42. The number of rotatable bonds is 7. The van der Waals surface area contributed by atoms with E-state index in [1.807, 2.05) is 0 Å². The largest absolute Gasteiger partial charge is 0.374 e. The minimum absolute atomic E-state index is 0.540. The van der Waals surface area contributed by atoms with E-state index in [0.717, 1.165) is 19.0 Å². The summed E-state index contributed by atoms with van der Waals surface area (Å²) in [4.78, 5) is 2.34. The highest BCUT2D eigenvalue weighted by Gasteiger charge is 2.05. The molecule has 1 unspecified atom stereocenters. The van der Waals surface area contributed by atoms with Crippen molar-refractivity contribution >= 4 is 5.69 Å². The first-order valence-electron chi connectivity index (χ1n) is 7.06. The van der Waals surface area contributed by atoms with Gasteiger partial charge in [-0.3, -0.25) is 0 Å².